The largest absolute Gasteiger partial charge is 0.346 e. The van der Waals surface area contributed by atoms with Crippen molar-refractivity contribution in [3.63, 3.8) is 0 Å². The summed E-state index contributed by atoms with van der Waals surface area (Å²) >= 11 is 0. The highest BCUT2D eigenvalue weighted by atomic mass is 15.2. The minimum Gasteiger partial charge on any atom is -0.346 e. The van der Waals surface area contributed by atoms with E-state index >= 15 is 0 Å². The Balaban J connectivity index is 1.36. The van der Waals surface area contributed by atoms with Crippen LogP contribution in [0.25, 0.3) is 22.1 Å². The molecule has 5 heterocycles. The zero-order valence-electron chi connectivity index (χ0n) is 16.2. The molecule has 2 aliphatic rings. The number of fused-ring (bicyclic) bond motifs is 5. The molecule has 2 fully saturated rings. The quantitative estimate of drug-likeness (QED) is 0.573. The molecule has 0 spiro atoms. The normalized spacial score (nSPS) is 25.1. The molecule has 3 aromatic heterocycles. The molecule has 1 N–H and O–H groups in total. The second-order valence-corrected chi connectivity index (χ2v) is 8.43. The van der Waals surface area contributed by atoms with Crippen LogP contribution < -0.4 is 0 Å². The lowest BCUT2D eigenvalue weighted by molar-refractivity contribution is 0.1000. The van der Waals surface area contributed by atoms with Crippen molar-refractivity contribution in [2.45, 2.75) is 57.3 Å². The lowest BCUT2D eigenvalue weighted by atomic mass is 9.96. The van der Waals surface area contributed by atoms with Crippen LogP contribution in [0.3, 0.4) is 0 Å². The van der Waals surface area contributed by atoms with E-state index in [1.165, 1.54) is 42.1 Å². The number of rotatable bonds is 3. The van der Waals surface area contributed by atoms with E-state index in [0.29, 0.717) is 18.1 Å². The maximum absolute atomic E-state index is 4.85. The standard InChI is InChI=1S/C23H25N5/c1-15-26-21-13-25-23-20(9-10-24-23)22(21)28(15)19-11-17-7-8-18(12-19)27(17)14-16-5-3-2-4-6-16/h2-6,9-10,13,17-19H,7-8,11-12,14H2,1H3,(H,24,25). The molecule has 4 aromatic rings. The van der Waals surface area contributed by atoms with Gasteiger partial charge in [-0.1, -0.05) is 30.3 Å². The van der Waals surface area contributed by atoms with Crippen molar-refractivity contribution in [1.29, 1.82) is 0 Å². The number of nitrogens with zero attached hydrogens (tertiary/aromatic N) is 4. The van der Waals surface area contributed by atoms with Gasteiger partial charge < -0.3 is 9.55 Å². The van der Waals surface area contributed by atoms with E-state index in [1.54, 1.807) is 0 Å². The molecule has 0 aliphatic carbocycles. The highest BCUT2D eigenvalue weighted by Gasteiger charge is 2.41. The molecule has 2 bridgehead atoms. The van der Waals surface area contributed by atoms with Crippen LogP contribution in [0.1, 0.15) is 43.1 Å². The van der Waals surface area contributed by atoms with Gasteiger partial charge in [-0.15, -0.1) is 0 Å². The summed E-state index contributed by atoms with van der Waals surface area (Å²) in [6.45, 7) is 3.23. The van der Waals surface area contributed by atoms with Crippen LogP contribution in [0.15, 0.2) is 48.8 Å². The molecule has 0 radical (unpaired) electrons. The maximum Gasteiger partial charge on any atom is 0.139 e. The van der Waals surface area contributed by atoms with Gasteiger partial charge in [0.05, 0.1) is 11.7 Å². The molecule has 1 aromatic carbocycles. The van der Waals surface area contributed by atoms with Gasteiger partial charge in [0.25, 0.3) is 0 Å². The number of aryl methyl sites for hydroxylation is 1. The lowest BCUT2D eigenvalue weighted by Gasteiger charge is -2.40. The molecule has 5 nitrogen and oxygen atoms in total. The average molecular weight is 371 g/mol. The molecular weight excluding hydrogens is 346 g/mol. The molecule has 142 valence electrons. The third-order valence-electron chi connectivity index (χ3n) is 6.84. The van der Waals surface area contributed by atoms with Crippen molar-refractivity contribution < 1.29 is 0 Å². The van der Waals surface area contributed by atoms with Gasteiger partial charge in [0, 0.05) is 36.3 Å². The fraction of sp³-hybridized carbons (Fsp3) is 0.391. The topological polar surface area (TPSA) is 49.7 Å². The Morgan fingerprint density at radius 3 is 2.61 bits per heavy atom. The Hall–Kier alpha value is -2.66. The average Bonchev–Trinajstić information content (AvgIpc) is 3.36. The molecule has 2 atom stereocenters. The van der Waals surface area contributed by atoms with Crippen molar-refractivity contribution in [1.82, 2.24) is 24.4 Å². The van der Waals surface area contributed by atoms with Crippen LogP contribution in [0.4, 0.5) is 0 Å². The molecule has 2 aliphatic heterocycles. The van der Waals surface area contributed by atoms with Crippen molar-refractivity contribution in [3.8, 4) is 0 Å². The molecule has 28 heavy (non-hydrogen) atoms. The van der Waals surface area contributed by atoms with Gasteiger partial charge in [-0.3, -0.25) is 4.90 Å². The Kier molecular flexibility index (Phi) is 3.60. The van der Waals surface area contributed by atoms with Crippen molar-refractivity contribution in [2.24, 2.45) is 0 Å². The Morgan fingerprint density at radius 2 is 1.82 bits per heavy atom. The van der Waals surface area contributed by atoms with Crippen LogP contribution in [-0.2, 0) is 6.54 Å². The third kappa shape index (κ3) is 2.42. The zero-order chi connectivity index (χ0) is 18.7. The van der Waals surface area contributed by atoms with E-state index in [2.05, 4.69) is 62.8 Å². The van der Waals surface area contributed by atoms with Gasteiger partial charge in [-0.25, -0.2) is 9.97 Å². The monoisotopic (exact) mass is 371 g/mol. The summed E-state index contributed by atoms with van der Waals surface area (Å²) < 4.78 is 2.51. The summed E-state index contributed by atoms with van der Waals surface area (Å²) in [5.74, 6) is 1.12. The number of imidazole rings is 1. The van der Waals surface area contributed by atoms with Crippen LogP contribution in [0, 0.1) is 6.92 Å². The van der Waals surface area contributed by atoms with Gasteiger partial charge in [0.2, 0.25) is 0 Å². The van der Waals surface area contributed by atoms with Gasteiger partial charge in [0.15, 0.2) is 0 Å². The Labute approximate surface area is 164 Å². The summed E-state index contributed by atoms with van der Waals surface area (Å²) in [5.41, 5.74) is 4.66. The predicted molar refractivity (Wildman–Crippen MR) is 111 cm³/mol. The van der Waals surface area contributed by atoms with E-state index in [1.807, 2.05) is 12.4 Å². The number of hydrogen-bond donors (Lipinski definition) is 1. The van der Waals surface area contributed by atoms with Crippen LogP contribution in [0.2, 0.25) is 0 Å². The van der Waals surface area contributed by atoms with Crippen LogP contribution in [0.5, 0.6) is 0 Å². The number of aromatic amines is 1. The number of pyridine rings is 1. The summed E-state index contributed by atoms with van der Waals surface area (Å²) in [7, 11) is 0. The first kappa shape index (κ1) is 16.3. The van der Waals surface area contributed by atoms with E-state index in [9.17, 15) is 0 Å². The van der Waals surface area contributed by atoms with Crippen LogP contribution >= 0.6 is 0 Å². The maximum atomic E-state index is 4.85. The zero-order valence-corrected chi connectivity index (χ0v) is 16.2. The Bertz CT molecular complexity index is 1130. The number of benzene rings is 1. The second kappa shape index (κ2) is 6.17. The first-order valence-electron chi connectivity index (χ1n) is 10.4. The molecule has 2 saturated heterocycles. The summed E-state index contributed by atoms with van der Waals surface area (Å²) in [6.07, 6.45) is 8.96. The van der Waals surface area contributed by atoms with Gasteiger partial charge in [-0.05, 0) is 44.2 Å². The minimum absolute atomic E-state index is 0.523. The molecule has 2 unspecified atom stereocenters. The first-order chi connectivity index (χ1) is 13.8. The molecule has 5 heteroatoms. The SMILES string of the molecule is Cc1nc2cnc3[nH]ccc3c2n1C1CC2CCC(C1)N2Cc1ccccc1. The molecule has 0 amide bonds. The van der Waals surface area contributed by atoms with Gasteiger partial charge in [0.1, 0.15) is 17.0 Å². The third-order valence-corrected chi connectivity index (χ3v) is 6.84. The fourth-order valence-electron chi connectivity index (χ4n) is 5.66. The first-order valence-corrected chi connectivity index (χ1v) is 10.4. The highest BCUT2D eigenvalue weighted by molar-refractivity contribution is 6.01. The lowest BCUT2D eigenvalue weighted by Crippen LogP contribution is -2.43. The highest BCUT2D eigenvalue weighted by Crippen LogP contribution is 2.43. The number of aromatic nitrogens is 4. The van der Waals surface area contributed by atoms with E-state index < -0.39 is 0 Å². The smallest absolute Gasteiger partial charge is 0.139 e. The van der Waals surface area contributed by atoms with E-state index in [4.69, 9.17) is 4.98 Å². The van der Waals surface area contributed by atoms with E-state index in [-0.39, 0.29) is 0 Å². The fourth-order valence-corrected chi connectivity index (χ4v) is 5.66. The summed E-state index contributed by atoms with van der Waals surface area (Å²) in [5, 5.41) is 1.19. The summed E-state index contributed by atoms with van der Waals surface area (Å²) in [4.78, 5) is 15.4. The summed E-state index contributed by atoms with van der Waals surface area (Å²) in [6, 6.07) is 14.9. The number of nitrogens with one attached hydrogen (secondary N) is 1. The number of hydrogen-bond acceptors (Lipinski definition) is 3. The van der Waals surface area contributed by atoms with Crippen molar-refractivity contribution >= 4 is 22.1 Å². The molecular formula is C23H25N5. The van der Waals surface area contributed by atoms with E-state index in [0.717, 1.165) is 23.5 Å². The second-order valence-electron chi connectivity index (χ2n) is 8.43. The van der Waals surface area contributed by atoms with Crippen LogP contribution in [-0.4, -0.2) is 36.5 Å². The molecule has 6 rings (SSSR count). The predicted octanol–water partition coefficient (Wildman–Crippen LogP) is 4.59. The minimum atomic E-state index is 0.523. The Morgan fingerprint density at radius 1 is 1.04 bits per heavy atom. The molecule has 0 saturated carbocycles. The van der Waals surface area contributed by atoms with Gasteiger partial charge >= 0.3 is 0 Å². The van der Waals surface area contributed by atoms with Gasteiger partial charge in [-0.2, -0.15) is 0 Å². The van der Waals surface area contributed by atoms with Crippen molar-refractivity contribution in [3.05, 3.63) is 60.2 Å². The number of piperidine rings is 1. The van der Waals surface area contributed by atoms with Crippen molar-refractivity contribution in [2.75, 3.05) is 0 Å². The number of H-pyrrole nitrogens is 1.